The summed E-state index contributed by atoms with van der Waals surface area (Å²) < 4.78 is 38.9. The van der Waals surface area contributed by atoms with Gasteiger partial charge in [0.05, 0.1) is 5.56 Å². The predicted molar refractivity (Wildman–Crippen MR) is 74.6 cm³/mol. The normalized spacial score (nSPS) is 11.7. The van der Waals surface area contributed by atoms with E-state index < -0.39 is 11.7 Å². The van der Waals surface area contributed by atoms with Crippen molar-refractivity contribution in [2.75, 3.05) is 0 Å². The van der Waals surface area contributed by atoms with E-state index in [0.717, 1.165) is 10.5 Å². The molecule has 20 heavy (non-hydrogen) atoms. The zero-order chi connectivity index (χ0) is 14.8. The Morgan fingerprint density at radius 3 is 2.40 bits per heavy atom. The fourth-order valence-electron chi connectivity index (χ4n) is 1.86. The van der Waals surface area contributed by atoms with Crippen molar-refractivity contribution in [1.82, 2.24) is 0 Å². The van der Waals surface area contributed by atoms with Gasteiger partial charge >= 0.3 is 6.18 Å². The van der Waals surface area contributed by atoms with Crippen LogP contribution in [0, 0.1) is 6.92 Å². The third kappa shape index (κ3) is 3.35. The van der Waals surface area contributed by atoms with Gasteiger partial charge in [0, 0.05) is 16.3 Å². The van der Waals surface area contributed by atoms with Crippen LogP contribution in [0.5, 0.6) is 0 Å². The van der Waals surface area contributed by atoms with Crippen LogP contribution in [0.4, 0.5) is 13.2 Å². The first-order chi connectivity index (χ1) is 9.41. The maximum atomic E-state index is 13.0. The lowest BCUT2D eigenvalue weighted by Crippen LogP contribution is -2.11. The van der Waals surface area contributed by atoms with Gasteiger partial charge in [0.25, 0.3) is 0 Å². The van der Waals surface area contributed by atoms with E-state index in [1.54, 1.807) is 6.07 Å². The van der Waals surface area contributed by atoms with Crippen molar-refractivity contribution in [3.8, 4) is 0 Å². The summed E-state index contributed by atoms with van der Waals surface area (Å²) in [7, 11) is 0. The maximum Gasteiger partial charge on any atom is 0.416 e. The van der Waals surface area contributed by atoms with E-state index >= 15 is 0 Å². The summed E-state index contributed by atoms with van der Waals surface area (Å²) in [5.74, 6) is 0. The van der Waals surface area contributed by atoms with Gasteiger partial charge in [0.1, 0.15) is 0 Å². The van der Waals surface area contributed by atoms with Gasteiger partial charge in [-0.3, -0.25) is 0 Å². The highest BCUT2D eigenvalue weighted by Crippen LogP contribution is 2.37. The van der Waals surface area contributed by atoms with Gasteiger partial charge in [0.15, 0.2) is 0 Å². The number of nitrogens with two attached hydrogens (primary N) is 1. The Morgan fingerprint density at radius 1 is 1.10 bits per heavy atom. The fourth-order valence-corrected chi connectivity index (χ4v) is 2.80. The molecule has 0 saturated carbocycles. The molecule has 0 heterocycles. The molecule has 2 aromatic rings. The van der Waals surface area contributed by atoms with Crippen LogP contribution in [0.15, 0.2) is 52.3 Å². The topological polar surface area (TPSA) is 26.0 Å². The molecule has 0 aliphatic heterocycles. The summed E-state index contributed by atoms with van der Waals surface area (Å²) in [5, 5.41) is 0. The summed E-state index contributed by atoms with van der Waals surface area (Å²) in [6.45, 7) is 1.81. The van der Waals surface area contributed by atoms with Gasteiger partial charge in [-0.15, -0.1) is 0 Å². The van der Waals surface area contributed by atoms with Crippen LogP contribution in [0.25, 0.3) is 0 Å². The molecular weight excluding hydrogens is 283 g/mol. The van der Waals surface area contributed by atoms with E-state index in [9.17, 15) is 13.2 Å². The highest BCUT2D eigenvalue weighted by atomic mass is 32.2. The molecule has 0 bridgehead atoms. The minimum absolute atomic E-state index is 0.117. The van der Waals surface area contributed by atoms with E-state index in [1.165, 1.54) is 23.9 Å². The van der Waals surface area contributed by atoms with Gasteiger partial charge in [-0.05, 0) is 36.2 Å². The van der Waals surface area contributed by atoms with Gasteiger partial charge in [-0.1, -0.05) is 36.0 Å². The minimum atomic E-state index is -4.38. The lowest BCUT2D eigenvalue weighted by molar-refractivity contribution is -0.138. The second-order valence-corrected chi connectivity index (χ2v) is 5.50. The summed E-state index contributed by atoms with van der Waals surface area (Å²) in [4.78, 5) is 1.50. The van der Waals surface area contributed by atoms with Crippen LogP contribution in [-0.4, -0.2) is 0 Å². The molecule has 0 saturated heterocycles. The number of hydrogen-bond acceptors (Lipinski definition) is 2. The van der Waals surface area contributed by atoms with Gasteiger partial charge in [-0.2, -0.15) is 13.2 Å². The molecule has 5 heteroatoms. The Morgan fingerprint density at radius 2 is 1.80 bits per heavy atom. The average Bonchev–Trinajstić information content (AvgIpc) is 2.40. The van der Waals surface area contributed by atoms with Crippen LogP contribution in [0.3, 0.4) is 0 Å². The summed E-state index contributed by atoms with van der Waals surface area (Å²) in [6, 6.07) is 11.9. The molecule has 0 fully saturated rings. The molecule has 0 aliphatic rings. The SMILES string of the molecule is Cc1ccccc1Sc1ccc(CN)c(C(F)(F)F)c1. The highest BCUT2D eigenvalue weighted by molar-refractivity contribution is 7.99. The first-order valence-corrected chi connectivity index (χ1v) is 6.87. The second kappa shape index (κ2) is 5.89. The van der Waals surface area contributed by atoms with Gasteiger partial charge < -0.3 is 5.73 Å². The third-order valence-corrected chi connectivity index (χ3v) is 4.10. The van der Waals surface area contributed by atoms with Gasteiger partial charge in [0.2, 0.25) is 0 Å². The molecule has 2 rings (SSSR count). The molecule has 0 radical (unpaired) electrons. The quantitative estimate of drug-likeness (QED) is 0.894. The molecule has 0 amide bonds. The van der Waals surface area contributed by atoms with Gasteiger partial charge in [-0.25, -0.2) is 0 Å². The number of hydrogen-bond donors (Lipinski definition) is 1. The van der Waals surface area contributed by atoms with Crippen molar-refractivity contribution in [2.45, 2.75) is 29.4 Å². The van der Waals surface area contributed by atoms with Crippen molar-refractivity contribution < 1.29 is 13.2 Å². The lowest BCUT2D eigenvalue weighted by atomic mass is 10.1. The fraction of sp³-hybridized carbons (Fsp3) is 0.200. The van der Waals surface area contributed by atoms with Crippen molar-refractivity contribution >= 4 is 11.8 Å². The largest absolute Gasteiger partial charge is 0.416 e. The van der Waals surface area contributed by atoms with E-state index in [-0.39, 0.29) is 12.1 Å². The van der Waals surface area contributed by atoms with Crippen LogP contribution in [0.1, 0.15) is 16.7 Å². The molecule has 0 aromatic heterocycles. The van der Waals surface area contributed by atoms with E-state index in [1.807, 2.05) is 31.2 Å². The Hall–Kier alpha value is -1.46. The maximum absolute atomic E-state index is 13.0. The molecular formula is C15H14F3NS. The number of aryl methyl sites for hydroxylation is 1. The van der Waals surface area contributed by atoms with Crippen molar-refractivity contribution in [1.29, 1.82) is 0 Å². The third-order valence-electron chi connectivity index (χ3n) is 2.93. The number of halogens is 3. The van der Waals surface area contributed by atoms with Crippen LogP contribution in [-0.2, 0) is 12.7 Å². The van der Waals surface area contributed by atoms with Crippen molar-refractivity contribution in [3.63, 3.8) is 0 Å². The standard InChI is InChI=1S/C15H14F3NS/c1-10-4-2-3-5-14(10)20-12-7-6-11(9-19)13(8-12)15(16,17)18/h2-8H,9,19H2,1H3. The van der Waals surface area contributed by atoms with Crippen LogP contribution < -0.4 is 5.73 Å². The molecule has 106 valence electrons. The molecule has 0 aliphatic carbocycles. The van der Waals surface area contributed by atoms with Crippen LogP contribution >= 0.6 is 11.8 Å². The molecule has 1 nitrogen and oxygen atoms in total. The predicted octanol–water partition coefficient (Wildman–Crippen LogP) is 4.62. The molecule has 2 N–H and O–H groups in total. The Kier molecular flexibility index (Phi) is 4.40. The van der Waals surface area contributed by atoms with E-state index in [4.69, 9.17) is 5.73 Å². The molecule has 0 spiro atoms. The molecule has 2 aromatic carbocycles. The summed E-state index contributed by atoms with van der Waals surface area (Å²) in [6.07, 6.45) is -4.38. The Bertz CT molecular complexity index is 608. The Balaban J connectivity index is 2.37. The average molecular weight is 297 g/mol. The number of alkyl halides is 3. The number of rotatable bonds is 3. The van der Waals surface area contributed by atoms with E-state index in [0.29, 0.717) is 4.90 Å². The smallest absolute Gasteiger partial charge is 0.326 e. The zero-order valence-corrected chi connectivity index (χ0v) is 11.7. The van der Waals surface area contributed by atoms with Crippen molar-refractivity contribution in [3.05, 3.63) is 59.2 Å². The van der Waals surface area contributed by atoms with Crippen LogP contribution in [0.2, 0.25) is 0 Å². The molecule has 0 unspecified atom stereocenters. The monoisotopic (exact) mass is 297 g/mol. The summed E-state index contributed by atoms with van der Waals surface area (Å²) in [5.41, 5.74) is 5.87. The summed E-state index contributed by atoms with van der Waals surface area (Å²) >= 11 is 1.32. The minimum Gasteiger partial charge on any atom is -0.326 e. The zero-order valence-electron chi connectivity index (χ0n) is 10.9. The van der Waals surface area contributed by atoms with E-state index in [2.05, 4.69) is 0 Å². The Labute approximate surface area is 120 Å². The number of benzene rings is 2. The van der Waals surface area contributed by atoms with Crippen molar-refractivity contribution in [2.24, 2.45) is 5.73 Å². The highest BCUT2D eigenvalue weighted by Gasteiger charge is 2.33. The first-order valence-electron chi connectivity index (χ1n) is 6.05. The first kappa shape index (κ1) is 14.9. The molecule has 0 atom stereocenters. The lowest BCUT2D eigenvalue weighted by Gasteiger charge is -2.13. The second-order valence-electron chi connectivity index (χ2n) is 4.39.